The van der Waals surface area contributed by atoms with Crippen LogP contribution in [0, 0.1) is 13.8 Å². The zero-order valence-electron chi connectivity index (χ0n) is 20.2. The molecule has 35 heavy (non-hydrogen) atoms. The van der Waals surface area contributed by atoms with E-state index in [0.717, 1.165) is 30.0 Å². The van der Waals surface area contributed by atoms with Crippen molar-refractivity contribution in [1.29, 1.82) is 0 Å². The molecule has 0 saturated heterocycles. The van der Waals surface area contributed by atoms with Crippen molar-refractivity contribution in [2.24, 2.45) is 7.05 Å². The molecular formula is C23H27N9O3. The highest BCUT2D eigenvalue weighted by molar-refractivity contribution is 5.94. The third-order valence-electron chi connectivity index (χ3n) is 5.39. The molecule has 0 aliphatic rings. The lowest BCUT2D eigenvalue weighted by atomic mass is 10.1. The summed E-state index contributed by atoms with van der Waals surface area (Å²) >= 11 is 0. The number of ether oxygens (including phenoxy) is 1. The first-order chi connectivity index (χ1) is 16.8. The number of nitrogens with zero attached hydrogens (tertiary/aromatic N) is 7. The summed E-state index contributed by atoms with van der Waals surface area (Å²) in [4.78, 5) is 24.9. The molecule has 3 heterocycles. The number of hydrogen-bond acceptors (Lipinski definition) is 9. The molecule has 0 atom stereocenters. The van der Waals surface area contributed by atoms with Gasteiger partial charge in [-0.2, -0.15) is 15.2 Å². The van der Waals surface area contributed by atoms with Crippen molar-refractivity contribution < 1.29 is 14.6 Å². The minimum absolute atomic E-state index is 0.0888. The van der Waals surface area contributed by atoms with Crippen LogP contribution in [0.15, 0.2) is 30.7 Å². The summed E-state index contributed by atoms with van der Waals surface area (Å²) in [7, 11) is 3.30. The molecule has 4 rings (SSSR count). The summed E-state index contributed by atoms with van der Waals surface area (Å²) in [6, 6.07) is 5.38. The Morgan fingerprint density at radius 1 is 1.17 bits per heavy atom. The predicted octanol–water partition coefficient (Wildman–Crippen LogP) is 3.69. The van der Waals surface area contributed by atoms with Crippen molar-refractivity contribution in [2.45, 2.75) is 33.7 Å². The third kappa shape index (κ3) is 4.76. The minimum Gasteiger partial charge on any atom is -0.494 e. The number of aromatic nitrogens is 7. The summed E-state index contributed by atoms with van der Waals surface area (Å²) in [5.41, 5.74) is 3.60. The maximum absolute atomic E-state index is 11.9. The van der Waals surface area contributed by atoms with E-state index in [-0.39, 0.29) is 17.3 Å². The largest absolute Gasteiger partial charge is 0.494 e. The van der Waals surface area contributed by atoms with E-state index < -0.39 is 5.97 Å². The van der Waals surface area contributed by atoms with Gasteiger partial charge in [0.25, 0.3) is 0 Å². The van der Waals surface area contributed by atoms with Crippen LogP contribution in [0.5, 0.6) is 5.75 Å². The van der Waals surface area contributed by atoms with Gasteiger partial charge in [-0.05, 0) is 32.4 Å². The molecule has 3 N–H and O–H groups in total. The van der Waals surface area contributed by atoms with Crippen molar-refractivity contribution in [3.63, 3.8) is 0 Å². The van der Waals surface area contributed by atoms with Crippen molar-refractivity contribution in [1.82, 2.24) is 34.5 Å². The van der Waals surface area contributed by atoms with Gasteiger partial charge in [0.05, 0.1) is 35.4 Å². The highest BCUT2D eigenvalue weighted by atomic mass is 16.5. The number of methoxy groups -OCH3 is 1. The van der Waals surface area contributed by atoms with Gasteiger partial charge in [0.1, 0.15) is 11.9 Å². The molecule has 12 nitrogen and oxygen atoms in total. The fourth-order valence-corrected chi connectivity index (χ4v) is 3.73. The molecule has 0 fully saturated rings. The summed E-state index contributed by atoms with van der Waals surface area (Å²) in [6.07, 6.45) is 3.80. The first-order valence-corrected chi connectivity index (χ1v) is 11.0. The van der Waals surface area contributed by atoms with E-state index in [4.69, 9.17) is 4.74 Å². The third-order valence-corrected chi connectivity index (χ3v) is 5.39. The van der Waals surface area contributed by atoms with Gasteiger partial charge in [-0.3, -0.25) is 9.36 Å². The molecule has 0 saturated carbocycles. The Hall–Kier alpha value is -4.48. The highest BCUT2D eigenvalue weighted by Gasteiger charge is 2.20. The summed E-state index contributed by atoms with van der Waals surface area (Å²) < 4.78 is 9.14. The number of hydrogen-bond donors (Lipinski definition) is 3. The number of para-hydroxylation sites is 1. The minimum atomic E-state index is -1.16. The molecule has 0 aliphatic heterocycles. The van der Waals surface area contributed by atoms with E-state index in [1.54, 1.807) is 30.2 Å². The van der Waals surface area contributed by atoms with Gasteiger partial charge in [-0.1, -0.05) is 13.0 Å². The molecule has 0 spiro atoms. The van der Waals surface area contributed by atoms with Crippen LogP contribution in [0.4, 0.5) is 23.1 Å². The van der Waals surface area contributed by atoms with Crippen LogP contribution in [0.1, 0.15) is 35.1 Å². The average Bonchev–Trinajstić information content (AvgIpc) is 3.37. The number of benzene rings is 1. The highest BCUT2D eigenvalue weighted by Crippen LogP contribution is 2.37. The first kappa shape index (κ1) is 23.7. The molecule has 0 radical (unpaired) electrons. The van der Waals surface area contributed by atoms with E-state index in [0.29, 0.717) is 22.8 Å². The summed E-state index contributed by atoms with van der Waals surface area (Å²) in [6.45, 7) is 6.74. The SMILES string of the molecule is CCCn1nc(C)c(Nc2ncc(C(=O)O)c(Nc3cccc(-c4ncn(C)n4)c3OC)n2)c1C. The van der Waals surface area contributed by atoms with E-state index in [1.807, 2.05) is 24.6 Å². The van der Waals surface area contributed by atoms with Gasteiger partial charge in [0.2, 0.25) is 5.95 Å². The molecular weight excluding hydrogens is 450 g/mol. The van der Waals surface area contributed by atoms with Gasteiger partial charge in [0, 0.05) is 19.8 Å². The van der Waals surface area contributed by atoms with Crippen LogP contribution in [0.2, 0.25) is 0 Å². The van der Waals surface area contributed by atoms with Crippen molar-refractivity contribution >= 4 is 29.1 Å². The van der Waals surface area contributed by atoms with Gasteiger partial charge in [-0.25, -0.2) is 14.8 Å². The maximum atomic E-state index is 11.9. The fraction of sp³-hybridized carbons (Fsp3) is 0.304. The van der Waals surface area contributed by atoms with Gasteiger partial charge >= 0.3 is 5.97 Å². The molecule has 3 aromatic heterocycles. The number of anilines is 4. The predicted molar refractivity (Wildman–Crippen MR) is 131 cm³/mol. The Labute approximate surface area is 202 Å². The lowest BCUT2D eigenvalue weighted by molar-refractivity contribution is 0.0697. The van der Waals surface area contributed by atoms with E-state index in [2.05, 4.69) is 42.7 Å². The lowest BCUT2D eigenvalue weighted by Crippen LogP contribution is -2.09. The number of rotatable bonds is 9. The van der Waals surface area contributed by atoms with Crippen molar-refractivity contribution in [3.8, 4) is 17.1 Å². The summed E-state index contributed by atoms with van der Waals surface area (Å²) in [5, 5.41) is 24.9. The maximum Gasteiger partial charge on any atom is 0.341 e. The smallest absolute Gasteiger partial charge is 0.341 e. The van der Waals surface area contributed by atoms with Crippen LogP contribution in [-0.4, -0.2) is 52.7 Å². The normalized spacial score (nSPS) is 10.9. The molecule has 12 heteroatoms. The Bertz CT molecular complexity index is 1380. The Morgan fingerprint density at radius 3 is 2.63 bits per heavy atom. The van der Waals surface area contributed by atoms with Gasteiger partial charge in [0.15, 0.2) is 17.4 Å². The molecule has 1 aromatic carbocycles. The standard InChI is InChI=1S/C23H27N9O3/c1-6-10-32-14(3)18(13(2)29-32)27-23-24-11-16(22(33)34)21(28-23)26-17-9-7-8-15(19(17)35-5)20-25-12-31(4)30-20/h7-9,11-12H,6,10H2,1-5H3,(H,33,34)(H2,24,26,27,28). The van der Waals surface area contributed by atoms with E-state index in [9.17, 15) is 9.90 Å². The van der Waals surface area contributed by atoms with E-state index in [1.165, 1.54) is 13.3 Å². The number of carboxylic acids is 1. The number of carboxylic acid groups (broad SMARTS) is 1. The first-order valence-electron chi connectivity index (χ1n) is 11.0. The number of nitrogens with one attached hydrogen (secondary N) is 2. The van der Waals surface area contributed by atoms with Crippen molar-refractivity contribution in [2.75, 3.05) is 17.7 Å². The fourth-order valence-electron chi connectivity index (χ4n) is 3.73. The zero-order valence-corrected chi connectivity index (χ0v) is 20.2. The second-order valence-corrected chi connectivity index (χ2v) is 7.91. The zero-order chi connectivity index (χ0) is 25.1. The van der Waals surface area contributed by atoms with Crippen LogP contribution in [0.3, 0.4) is 0 Å². The molecule has 0 aliphatic carbocycles. The van der Waals surface area contributed by atoms with Crippen LogP contribution in [0.25, 0.3) is 11.4 Å². The molecule has 182 valence electrons. The Balaban J connectivity index is 1.72. The molecule has 0 amide bonds. The van der Waals surface area contributed by atoms with Crippen LogP contribution >= 0.6 is 0 Å². The monoisotopic (exact) mass is 477 g/mol. The van der Waals surface area contributed by atoms with Gasteiger partial charge < -0.3 is 20.5 Å². The molecule has 0 unspecified atom stereocenters. The number of carbonyl (C=O) groups is 1. The molecule has 0 bridgehead atoms. The Morgan fingerprint density at radius 2 is 1.97 bits per heavy atom. The number of aromatic carboxylic acids is 1. The number of aryl methyl sites for hydroxylation is 3. The second-order valence-electron chi connectivity index (χ2n) is 7.91. The van der Waals surface area contributed by atoms with E-state index >= 15 is 0 Å². The quantitative estimate of drug-likeness (QED) is 0.326. The average molecular weight is 478 g/mol. The van der Waals surface area contributed by atoms with Crippen molar-refractivity contribution in [3.05, 3.63) is 47.7 Å². The van der Waals surface area contributed by atoms with Crippen LogP contribution in [-0.2, 0) is 13.6 Å². The van der Waals surface area contributed by atoms with Crippen LogP contribution < -0.4 is 15.4 Å². The Kier molecular flexibility index (Phi) is 6.62. The second kappa shape index (κ2) is 9.79. The lowest BCUT2D eigenvalue weighted by Gasteiger charge is -2.15. The molecule has 4 aromatic rings. The van der Waals surface area contributed by atoms with Gasteiger partial charge in [-0.15, -0.1) is 0 Å². The topological polar surface area (TPSA) is 145 Å². The summed E-state index contributed by atoms with van der Waals surface area (Å²) in [5.74, 6) is 0.114.